The Labute approximate surface area is 109 Å². The summed E-state index contributed by atoms with van der Waals surface area (Å²) in [4.78, 5) is 2.30. The fraction of sp³-hybridized carbons (Fsp3) is 0.571. The van der Waals surface area contributed by atoms with Crippen molar-refractivity contribution in [3.05, 3.63) is 24.3 Å². The van der Waals surface area contributed by atoms with E-state index in [0.29, 0.717) is 6.61 Å². The maximum absolute atomic E-state index is 5.70. The third-order valence-corrected chi connectivity index (χ3v) is 3.04. The van der Waals surface area contributed by atoms with Crippen LogP contribution in [0.2, 0.25) is 0 Å². The number of morpholine rings is 1. The molecule has 1 unspecified atom stereocenters. The first-order valence-corrected chi connectivity index (χ1v) is 6.55. The molecule has 1 aliphatic rings. The van der Waals surface area contributed by atoms with E-state index in [0.717, 1.165) is 37.7 Å². The van der Waals surface area contributed by atoms with Crippen molar-refractivity contribution in [1.82, 2.24) is 4.90 Å². The van der Waals surface area contributed by atoms with Gasteiger partial charge in [-0.3, -0.25) is 0 Å². The smallest absolute Gasteiger partial charge is 0.119 e. The Morgan fingerprint density at radius 1 is 1.39 bits per heavy atom. The highest BCUT2D eigenvalue weighted by atomic mass is 16.5. The lowest BCUT2D eigenvalue weighted by Gasteiger charge is -2.30. The summed E-state index contributed by atoms with van der Waals surface area (Å²) in [5.41, 5.74) is 1.11. The van der Waals surface area contributed by atoms with Gasteiger partial charge in [0.05, 0.1) is 19.3 Å². The number of nitrogens with one attached hydrogen (secondary N) is 1. The standard InChI is InChI=1S/C14H22N2O2/c1-3-17-13-6-4-12(5-7-13)15-10-14-11-16(2)8-9-18-14/h4-7,14-15H,3,8-11H2,1-2H3. The van der Waals surface area contributed by atoms with Gasteiger partial charge < -0.3 is 19.7 Å². The van der Waals surface area contributed by atoms with Crippen molar-refractivity contribution in [3.63, 3.8) is 0 Å². The van der Waals surface area contributed by atoms with Crippen molar-refractivity contribution in [2.75, 3.05) is 45.2 Å². The molecule has 0 bridgehead atoms. The number of hydrogen-bond acceptors (Lipinski definition) is 4. The second-order valence-corrected chi connectivity index (χ2v) is 4.59. The summed E-state index contributed by atoms with van der Waals surface area (Å²) in [5.74, 6) is 0.914. The van der Waals surface area contributed by atoms with Crippen molar-refractivity contribution in [2.24, 2.45) is 0 Å². The molecule has 18 heavy (non-hydrogen) atoms. The van der Waals surface area contributed by atoms with Crippen LogP contribution < -0.4 is 10.1 Å². The van der Waals surface area contributed by atoms with E-state index in [9.17, 15) is 0 Å². The molecule has 1 saturated heterocycles. The number of nitrogens with zero attached hydrogens (tertiary/aromatic N) is 1. The van der Waals surface area contributed by atoms with Gasteiger partial charge in [0.25, 0.3) is 0 Å². The van der Waals surface area contributed by atoms with Crippen molar-refractivity contribution in [1.29, 1.82) is 0 Å². The fourth-order valence-corrected chi connectivity index (χ4v) is 2.06. The van der Waals surface area contributed by atoms with Gasteiger partial charge in [-0.2, -0.15) is 0 Å². The lowest BCUT2D eigenvalue weighted by Crippen LogP contribution is -2.43. The highest BCUT2D eigenvalue weighted by Gasteiger charge is 2.16. The molecule has 1 aromatic carbocycles. The highest BCUT2D eigenvalue weighted by Crippen LogP contribution is 2.16. The molecule has 2 rings (SSSR count). The van der Waals surface area contributed by atoms with Crippen LogP contribution in [0.1, 0.15) is 6.92 Å². The second kappa shape index (κ2) is 6.61. The van der Waals surface area contributed by atoms with Crippen LogP contribution in [-0.2, 0) is 4.74 Å². The number of ether oxygens (including phenoxy) is 2. The Balaban J connectivity index is 1.78. The lowest BCUT2D eigenvalue weighted by atomic mass is 10.2. The molecule has 0 spiro atoms. The molecular weight excluding hydrogens is 228 g/mol. The molecule has 0 aliphatic carbocycles. The van der Waals surface area contributed by atoms with Crippen LogP contribution in [0.5, 0.6) is 5.75 Å². The Morgan fingerprint density at radius 3 is 2.83 bits per heavy atom. The van der Waals surface area contributed by atoms with Crippen molar-refractivity contribution in [3.8, 4) is 5.75 Å². The molecule has 1 atom stereocenters. The molecule has 1 aliphatic heterocycles. The number of hydrogen-bond donors (Lipinski definition) is 1. The van der Waals surface area contributed by atoms with Crippen LogP contribution >= 0.6 is 0 Å². The third kappa shape index (κ3) is 3.89. The predicted molar refractivity (Wildman–Crippen MR) is 73.3 cm³/mol. The lowest BCUT2D eigenvalue weighted by molar-refractivity contribution is -0.0117. The summed E-state index contributed by atoms with van der Waals surface area (Å²) in [6.45, 7) is 6.38. The fourth-order valence-electron chi connectivity index (χ4n) is 2.06. The van der Waals surface area contributed by atoms with Crippen molar-refractivity contribution < 1.29 is 9.47 Å². The summed E-state index contributed by atoms with van der Waals surface area (Å²) in [7, 11) is 2.13. The minimum absolute atomic E-state index is 0.273. The van der Waals surface area contributed by atoms with Crippen LogP contribution in [0.15, 0.2) is 24.3 Å². The molecule has 1 fully saturated rings. The second-order valence-electron chi connectivity index (χ2n) is 4.59. The zero-order valence-corrected chi connectivity index (χ0v) is 11.2. The van der Waals surface area contributed by atoms with Gasteiger partial charge in [0.1, 0.15) is 5.75 Å². The Kier molecular flexibility index (Phi) is 4.84. The number of likely N-dealkylation sites (N-methyl/N-ethyl adjacent to an activating group) is 1. The van der Waals surface area contributed by atoms with Crippen molar-refractivity contribution in [2.45, 2.75) is 13.0 Å². The average Bonchev–Trinajstić information content (AvgIpc) is 2.38. The number of benzene rings is 1. The highest BCUT2D eigenvalue weighted by molar-refractivity contribution is 5.46. The normalized spacial score (nSPS) is 20.7. The third-order valence-electron chi connectivity index (χ3n) is 3.04. The van der Waals surface area contributed by atoms with E-state index >= 15 is 0 Å². The van der Waals surface area contributed by atoms with E-state index in [1.807, 2.05) is 31.2 Å². The molecule has 0 saturated carbocycles. The Morgan fingerprint density at radius 2 is 2.17 bits per heavy atom. The van der Waals surface area contributed by atoms with Gasteiger partial charge in [0.2, 0.25) is 0 Å². The maximum Gasteiger partial charge on any atom is 0.119 e. The minimum atomic E-state index is 0.273. The summed E-state index contributed by atoms with van der Waals surface area (Å²) in [6, 6.07) is 8.05. The number of anilines is 1. The van der Waals surface area contributed by atoms with Crippen LogP contribution in [-0.4, -0.2) is 50.9 Å². The molecule has 4 heteroatoms. The van der Waals surface area contributed by atoms with Gasteiger partial charge in [-0.1, -0.05) is 0 Å². The largest absolute Gasteiger partial charge is 0.494 e. The molecule has 0 radical (unpaired) electrons. The van der Waals surface area contributed by atoms with Crippen LogP contribution in [0.4, 0.5) is 5.69 Å². The van der Waals surface area contributed by atoms with Gasteiger partial charge in [0.15, 0.2) is 0 Å². The van der Waals surface area contributed by atoms with Crippen LogP contribution in [0.3, 0.4) is 0 Å². The Hall–Kier alpha value is -1.26. The summed E-state index contributed by atoms with van der Waals surface area (Å²) in [6.07, 6.45) is 0.273. The zero-order chi connectivity index (χ0) is 12.8. The van der Waals surface area contributed by atoms with E-state index < -0.39 is 0 Å². The van der Waals surface area contributed by atoms with Gasteiger partial charge in [-0.25, -0.2) is 0 Å². The number of rotatable bonds is 5. The van der Waals surface area contributed by atoms with Gasteiger partial charge in [-0.15, -0.1) is 0 Å². The average molecular weight is 250 g/mol. The first-order valence-electron chi connectivity index (χ1n) is 6.55. The van der Waals surface area contributed by atoms with Gasteiger partial charge in [0, 0.05) is 25.3 Å². The first kappa shape index (κ1) is 13.2. The molecule has 1 aromatic rings. The predicted octanol–water partition coefficient (Wildman–Crippen LogP) is 1.83. The SMILES string of the molecule is CCOc1ccc(NCC2CN(C)CCO2)cc1. The first-order chi connectivity index (χ1) is 8.78. The molecule has 0 aromatic heterocycles. The van der Waals surface area contributed by atoms with Crippen molar-refractivity contribution >= 4 is 5.69 Å². The zero-order valence-electron chi connectivity index (χ0n) is 11.2. The molecule has 4 nitrogen and oxygen atoms in total. The Bertz CT molecular complexity index is 353. The summed E-state index contributed by atoms with van der Waals surface area (Å²) < 4.78 is 11.1. The van der Waals surface area contributed by atoms with Gasteiger partial charge >= 0.3 is 0 Å². The topological polar surface area (TPSA) is 33.7 Å². The maximum atomic E-state index is 5.70. The molecular formula is C14H22N2O2. The molecule has 0 amide bonds. The van der Waals surface area contributed by atoms with E-state index in [2.05, 4.69) is 17.3 Å². The van der Waals surface area contributed by atoms with E-state index in [-0.39, 0.29) is 6.10 Å². The van der Waals surface area contributed by atoms with E-state index in [1.54, 1.807) is 0 Å². The van der Waals surface area contributed by atoms with E-state index in [1.165, 1.54) is 0 Å². The molecule has 1 heterocycles. The van der Waals surface area contributed by atoms with E-state index in [4.69, 9.17) is 9.47 Å². The van der Waals surface area contributed by atoms with Crippen LogP contribution in [0.25, 0.3) is 0 Å². The van der Waals surface area contributed by atoms with Gasteiger partial charge in [-0.05, 0) is 38.2 Å². The summed E-state index contributed by atoms with van der Waals surface area (Å²) >= 11 is 0. The molecule has 1 N–H and O–H groups in total. The monoisotopic (exact) mass is 250 g/mol. The molecule has 100 valence electrons. The quantitative estimate of drug-likeness (QED) is 0.864. The summed E-state index contributed by atoms with van der Waals surface area (Å²) in [5, 5.41) is 3.40. The minimum Gasteiger partial charge on any atom is -0.494 e. The van der Waals surface area contributed by atoms with Crippen LogP contribution in [0, 0.1) is 0 Å².